The minimum Gasteiger partial charge on any atom is -0.504 e. The van der Waals surface area contributed by atoms with E-state index in [9.17, 15) is 10.2 Å². The van der Waals surface area contributed by atoms with E-state index in [0.29, 0.717) is 5.39 Å². The smallest absolute Gasteiger partial charge is 0.166 e. The highest BCUT2D eigenvalue weighted by atomic mass is 16.3. The fourth-order valence-electron chi connectivity index (χ4n) is 3.49. The number of aromatic hydroxyl groups is 2. The molecule has 0 spiro atoms. The molecule has 0 aliphatic heterocycles. The van der Waals surface area contributed by atoms with Crippen molar-refractivity contribution in [2.75, 3.05) is 0 Å². The van der Waals surface area contributed by atoms with Gasteiger partial charge in [0.2, 0.25) is 0 Å². The van der Waals surface area contributed by atoms with Gasteiger partial charge in [0.25, 0.3) is 0 Å². The van der Waals surface area contributed by atoms with Crippen molar-refractivity contribution in [3.63, 3.8) is 0 Å². The van der Waals surface area contributed by atoms with Crippen LogP contribution in [-0.4, -0.2) is 10.2 Å². The zero-order chi connectivity index (χ0) is 13.7. The van der Waals surface area contributed by atoms with Gasteiger partial charge in [0.05, 0.1) is 0 Å². The van der Waals surface area contributed by atoms with E-state index in [1.165, 1.54) is 17.5 Å². The molecule has 0 fully saturated rings. The first-order valence-corrected chi connectivity index (χ1v) is 7.14. The van der Waals surface area contributed by atoms with Crippen LogP contribution in [0.4, 0.5) is 0 Å². The average Bonchev–Trinajstić information content (AvgIpc) is 2.51. The summed E-state index contributed by atoms with van der Waals surface area (Å²) in [5, 5.41) is 24.4. The Morgan fingerprint density at radius 1 is 0.700 bits per heavy atom. The highest BCUT2D eigenvalue weighted by molar-refractivity contribution is 6.14. The third-order valence-corrected chi connectivity index (χ3v) is 4.47. The minimum absolute atomic E-state index is 0.00655. The zero-order valence-corrected chi connectivity index (χ0v) is 11.2. The lowest BCUT2D eigenvalue weighted by atomic mass is 9.86. The van der Waals surface area contributed by atoms with Gasteiger partial charge in [-0.1, -0.05) is 36.4 Å². The maximum Gasteiger partial charge on any atom is 0.166 e. The minimum atomic E-state index is 0.00655. The molecule has 0 saturated heterocycles. The third kappa shape index (κ3) is 1.45. The Hall–Kier alpha value is -2.22. The van der Waals surface area contributed by atoms with Crippen molar-refractivity contribution < 1.29 is 10.2 Å². The van der Waals surface area contributed by atoms with E-state index < -0.39 is 0 Å². The maximum atomic E-state index is 10.5. The van der Waals surface area contributed by atoms with E-state index in [0.717, 1.165) is 35.4 Å². The topological polar surface area (TPSA) is 40.5 Å². The maximum absolute atomic E-state index is 10.5. The lowest BCUT2D eigenvalue weighted by Crippen LogP contribution is -2.03. The molecule has 20 heavy (non-hydrogen) atoms. The van der Waals surface area contributed by atoms with E-state index in [-0.39, 0.29) is 11.5 Å². The van der Waals surface area contributed by atoms with Gasteiger partial charge < -0.3 is 10.2 Å². The lowest BCUT2D eigenvalue weighted by Gasteiger charge is -2.20. The second kappa shape index (κ2) is 4.14. The van der Waals surface area contributed by atoms with Gasteiger partial charge in [-0.05, 0) is 47.6 Å². The summed E-state index contributed by atoms with van der Waals surface area (Å²) in [7, 11) is 0. The highest BCUT2D eigenvalue weighted by Gasteiger charge is 2.19. The Balaban J connectivity index is 2.25. The summed E-state index contributed by atoms with van der Waals surface area (Å²) < 4.78 is 0. The fraction of sp³-hybridized carbons (Fsp3) is 0.222. The van der Waals surface area contributed by atoms with Crippen molar-refractivity contribution in [2.45, 2.75) is 25.7 Å². The number of fused-ring (bicyclic) bond motifs is 5. The van der Waals surface area contributed by atoms with Crippen molar-refractivity contribution >= 4 is 21.5 Å². The summed E-state index contributed by atoms with van der Waals surface area (Å²) in [4.78, 5) is 0. The SMILES string of the molecule is Oc1c(O)c2c3c(ccc2c2ccccc12)CCCC3. The first kappa shape index (κ1) is 11.6. The average molecular weight is 264 g/mol. The van der Waals surface area contributed by atoms with E-state index >= 15 is 0 Å². The van der Waals surface area contributed by atoms with E-state index in [4.69, 9.17) is 0 Å². The van der Waals surface area contributed by atoms with Gasteiger partial charge in [-0.15, -0.1) is 0 Å². The molecule has 0 bridgehead atoms. The molecular formula is C18H16O2. The third-order valence-electron chi connectivity index (χ3n) is 4.47. The van der Waals surface area contributed by atoms with Crippen molar-refractivity contribution in [3.8, 4) is 11.5 Å². The molecule has 2 N–H and O–H groups in total. The van der Waals surface area contributed by atoms with Crippen molar-refractivity contribution in [3.05, 3.63) is 47.5 Å². The standard InChI is InChI=1S/C18H16O2/c19-17-15-8-4-3-7-13(15)14-10-9-11-5-1-2-6-12(11)16(14)18(17)20/h3-4,7-10,19-20H,1-2,5-6H2. The van der Waals surface area contributed by atoms with Crippen molar-refractivity contribution in [1.29, 1.82) is 0 Å². The van der Waals surface area contributed by atoms with Crippen LogP contribution in [0.25, 0.3) is 21.5 Å². The fourth-order valence-corrected chi connectivity index (χ4v) is 3.49. The molecule has 2 heteroatoms. The van der Waals surface area contributed by atoms with Gasteiger partial charge in [-0.25, -0.2) is 0 Å². The second-order valence-corrected chi connectivity index (χ2v) is 5.58. The number of phenolic OH excluding ortho intramolecular Hbond substituents is 2. The van der Waals surface area contributed by atoms with Crippen LogP contribution >= 0.6 is 0 Å². The molecule has 0 unspecified atom stereocenters. The number of aryl methyl sites for hydroxylation is 2. The predicted molar refractivity (Wildman–Crippen MR) is 81.4 cm³/mol. The normalized spacial score (nSPS) is 14.6. The van der Waals surface area contributed by atoms with Gasteiger partial charge in [0, 0.05) is 10.8 Å². The van der Waals surface area contributed by atoms with Crippen LogP contribution < -0.4 is 0 Å². The molecule has 4 rings (SSSR count). The van der Waals surface area contributed by atoms with E-state index in [2.05, 4.69) is 12.1 Å². The Morgan fingerprint density at radius 3 is 2.30 bits per heavy atom. The Kier molecular flexibility index (Phi) is 2.40. The summed E-state index contributed by atoms with van der Waals surface area (Å²) in [6.07, 6.45) is 4.41. The van der Waals surface area contributed by atoms with Gasteiger partial charge in [-0.3, -0.25) is 0 Å². The number of hydrogen-bond donors (Lipinski definition) is 2. The Labute approximate surface area is 117 Å². The molecule has 0 heterocycles. The predicted octanol–water partition coefficient (Wildman–Crippen LogP) is 4.28. The molecule has 1 aliphatic rings. The van der Waals surface area contributed by atoms with Gasteiger partial charge >= 0.3 is 0 Å². The van der Waals surface area contributed by atoms with Crippen LogP contribution in [0.15, 0.2) is 36.4 Å². The van der Waals surface area contributed by atoms with Crippen LogP contribution in [0.1, 0.15) is 24.0 Å². The largest absolute Gasteiger partial charge is 0.504 e. The monoisotopic (exact) mass is 264 g/mol. The van der Waals surface area contributed by atoms with Gasteiger partial charge in [-0.2, -0.15) is 0 Å². The molecule has 3 aromatic carbocycles. The molecule has 0 amide bonds. The summed E-state index contributed by atoms with van der Waals surface area (Å²) in [5.41, 5.74) is 2.53. The van der Waals surface area contributed by atoms with Crippen LogP contribution in [0, 0.1) is 0 Å². The van der Waals surface area contributed by atoms with Crippen LogP contribution in [0.2, 0.25) is 0 Å². The van der Waals surface area contributed by atoms with E-state index in [1.807, 2.05) is 24.3 Å². The summed E-state index contributed by atoms with van der Waals surface area (Å²) in [6.45, 7) is 0. The molecule has 0 aromatic heterocycles. The second-order valence-electron chi connectivity index (χ2n) is 5.58. The quantitative estimate of drug-likeness (QED) is 0.470. The molecule has 100 valence electrons. The number of hydrogen-bond acceptors (Lipinski definition) is 2. The summed E-state index contributed by atoms with van der Waals surface area (Å²) >= 11 is 0. The van der Waals surface area contributed by atoms with Crippen LogP contribution in [-0.2, 0) is 12.8 Å². The van der Waals surface area contributed by atoms with Crippen LogP contribution in [0.3, 0.4) is 0 Å². The Morgan fingerprint density at radius 2 is 1.45 bits per heavy atom. The zero-order valence-electron chi connectivity index (χ0n) is 11.2. The van der Waals surface area contributed by atoms with Crippen molar-refractivity contribution in [1.82, 2.24) is 0 Å². The number of phenols is 2. The lowest BCUT2D eigenvalue weighted by molar-refractivity contribution is 0.412. The molecule has 0 atom stereocenters. The number of benzene rings is 3. The summed E-state index contributed by atoms with van der Waals surface area (Å²) in [6, 6.07) is 12.0. The molecule has 2 nitrogen and oxygen atoms in total. The van der Waals surface area contributed by atoms with Crippen molar-refractivity contribution in [2.24, 2.45) is 0 Å². The molecular weight excluding hydrogens is 248 g/mol. The van der Waals surface area contributed by atoms with Gasteiger partial charge in [0.15, 0.2) is 11.5 Å². The molecule has 0 radical (unpaired) electrons. The summed E-state index contributed by atoms with van der Waals surface area (Å²) in [5.74, 6) is 0.0459. The highest BCUT2D eigenvalue weighted by Crippen LogP contribution is 2.45. The number of rotatable bonds is 0. The molecule has 3 aromatic rings. The van der Waals surface area contributed by atoms with Crippen LogP contribution in [0.5, 0.6) is 11.5 Å². The Bertz CT molecular complexity index is 829. The first-order chi connectivity index (χ1) is 9.77. The van der Waals surface area contributed by atoms with E-state index in [1.54, 1.807) is 0 Å². The molecule has 1 aliphatic carbocycles. The van der Waals surface area contributed by atoms with Gasteiger partial charge in [0.1, 0.15) is 0 Å². The molecule has 0 saturated carbocycles. The first-order valence-electron chi connectivity index (χ1n) is 7.14.